The maximum absolute atomic E-state index is 12.3. The third kappa shape index (κ3) is 6.34. The third-order valence-electron chi connectivity index (χ3n) is 5.26. The molecule has 0 spiro atoms. The lowest BCUT2D eigenvalue weighted by atomic mass is 10.0. The van der Waals surface area contributed by atoms with E-state index in [0.717, 1.165) is 47.1 Å². The van der Waals surface area contributed by atoms with Crippen LogP contribution < -0.4 is 10.1 Å². The summed E-state index contributed by atoms with van der Waals surface area (Å²) in [5.74, 6) is 2.15. The van der Waals surface area contributed by atoms with Gasteiger partial charge in [0.1, 0.15) is 11.6 Å². The standard InChI is InChI=1S/C24H30N4O2S/c1-17-15-19(13-14-21(17)30-4)9-8-12-22-26-27-24(28(22)3)31-16-23(29)25-18(2)20-10-6-5-7-11-20/h5-7,10-11,13-15,18H,8-9,12,16H2,1-4H3,(H,25,29)/t18-/m1/s1. The average Bonchev–Trinajstić information content (AvgIpc) is 3.12. The summed E-state index contributed by atoms with van der Waals surface area (Å²) in [6.07, 6.45) is 2.80. The predicted octanol–water partition coefficient (Wildman–Crippen LogP) is 4.28. The Balaban J connectivity index is 1.46. The summed E-state index contributed by atoms with van der Waals surface area (Å²) in [5, 5.41) is 12.4. The lowest BCUT2D eigenvalue weighted by Gasteiger charge is -2.14. The molecule has 2 aromatic carbocycles. The minimum absolute atomic E-state index is 0.0132. The fourth-order valence-corrected chi connectivity index (χ4v) is 4.21. The number of hydrogen-bond acceptors (Lipinski definition) is 5. The quantitative estimate of drug-likeness (QED) is 0.479. The van der Waals surface area contributed by atoms with Crippen molar-refractivity contribution in [3.63, 3.8) is 0 Å². The third-order valence-corrected chi connectivity index (χ3v) is 6.28. The van der Waals surface area contributed by atoms with Gasteiger partial charge in [-0.25, -0.2) is 0 Å². The highest BCUT2D eigenvalue weighted by molar-refractivity contribution is 7.99. The second-order valence-corrected chi connectivity index (χ2v) is 8.55. The number of aryl methyl sites for hydroxylation is 3. The Labute approximate surface area is 188 Å². The molecule has 0 unspecified atom stereocenters. The van der Waals surface area contributed by atoms with Crippen LogP contribution in [0.1, 0.15) is 41.9 Å². The van der Waals surface area contributed by atoms with Crippen LogP contribution >= 0.6 is 11.8 Å². The van der Waals surface area contributed by atoms with Crippen molar-refractivity contribution in [2.24, 2.45) is 7.05 Å². The van der Waals surface area contributed by atoms with Gasteiger partial charge in [-0.2, -0.15) is 0 Å². The van der Waals surface area contributed by atoms with Crippen LogP contribution in [0.25, 0.3) is 0 Å². The van der Waals surface area contributed by atoms with Crippen LogP contribution in [0.5, 0.6) is 5.75 Å². The normalized spacial score (nSPS) is 11.9. The SMILES string of the molecule is COc1ccc(CCCc2nnc(SCC(=O)N[C@H](C)c3ccccc3)n2C)cc1C. The highest BCUT2D eigenvalue weighted by Gasteiger charge is 2.13. The van der Waals surface area contributed by atoms with Crippen molar-refractivity contribution in [3.8, 4) is 5.75 Å². The zero-order valence-electron chi connectivity index (χ0n) is 18.6. The minimum Gasteiger partial charge on any atom is -0.496 e. The van der Waals surface area contributed by atoms with Gasteiger partial charge in [-0.05, 0) is 49.4 Å². The predicted molar refractivity (Wildman–Crippen MR) is 124 cm³/mol. The van der Waals surface area contributed by atoms with Gasteiger partial charge in [-0.1, -0.05) is 54.2 Å². The van der Waals surface area contributed by atoms with Crippen molar-refractivity contribution in [1.29, 1.82) is 0 Å². The Hall–Kier alpha value is -2.80. The molecular weight excluding hydrogens is 408 g/mol. The molecule has 6 nitrogen and oxygen atoms in total. The number of carbonyl (C=O) groups excluding carboxylic acids is 1. The van der Waals surface area contributed by atoms with Gasteiger partial charge in [-0.15, -0.1) is 10.2 Å². The monoisotopic (exact) mass is 438 g/mol. The van der Waals surface area contributed by atoms with Crippen LogP contribution in [0.4, 0.5) is 0 Å². The number of hydrogen-bond donors (Lipinski definition) is 1. The van der Waals surface area contributed by atoms with Crippen molar-refractivity contribution >= 4 is 17.7 Å². The van der Waals surface area contributed by atoms with E-state index in [9.17, 15) is 4.79 Å². The van der Waals surface area contributed by atoms with E-state index in [0.29, 0.717) is 5.75 Å². The van der Waals surface area contributed by atoms with E-state index in [1.807, 2.05) is 54.9 Å². The molecule has 1 amide bonds. The van der Waals surface area contributed by atoms with E-state index in [-0.39, 0.29) is 11.9 Å². The number of ether oxygens (including phenoxy) is 1. The van der Waals surface area contributed by atoms with Gasteiger partial charge in [0.15, 0.2) is 5.16 Å². The molecule has 0 aliphatic carbocycles. The molecule has 0 fully saturated rings. The lowest BCUT2D eigenvalue weighted by Crippen LogP contribution is -2.28. The Kier molecular flexibility index (Phi) is 8.12. The fourth-order valence-electron chi connectivity index (χ4n) is 3.47. The average molecular weight is 439 g/mol. The van der Waals surface area contributed by atoms with E-state index >= 15 is 0 Å². The first-order chi connectivity index (χ1) is 15.0. The number of benzene rings is 2. The Morgan fingerprint density at radius 3 is 2.65 bits per heavy atom. The summed E-state index contributed by atoms with van der Waals surface area (Å²) >= 11 is 1.41. The summed E-state index contributed by atoms with van der Waals surface area (Å²) in [5.41, 5.74) is 3.53. The number of rotatable bonds is 10. The van der Waals surface area contributed by atoms with Gasteiger partial charge in [0.05, 0.1) is 18.9 Å². The topological polar surface area (TPSA) is 69.0 Å². The van der Waals surface area contributed by atoms with E-state index < -0.39 is 0 Å². The van der Waals surface area contributed by atoms with Gasteiger partial charge in [0.25, 0.3) is 0 Å². The molecule has 0 aliphatic heterocycles. The maximum atomic E-state index is 12.3. The number of nitrogens with one attached hydrogen (secondary N) is 1. The molecule has 0 radical (unpaired) electrons. The van der Waals surface area contributed by atoms with E-state index in [4.69, 9.17) is 4.74 Å². The molecule has 164 valence electrons. The number of nitrogens with zero attached hydrogens (tertiary/aromatic N) is 3. The van der Waals surface area contributed by atoms with Crippen LogP contribution in [0, 0.1) is 6.92 Å². The summed E-state index contributed by atoms with van der Waals surface area (Å²) in [4.78, 5) is 12.3. The van der Waals surface area contributed by atoms with E-state index in [1.54, 1.807) is 7.11 Å². The molecule has 1 heterocycles. The van der Waals surface area contributed by atoms with Gasteiger partial charge in [0, 0.05) is 13.5 Å². The zero-order chi connectivity index (χ0) is 22.2. The molecule has 0 saturated carbocycles. The van der Waals surface area contributed by atoms with Crippen LogP contribution in [-0.2, 0) is 24.7 Å². The number of thioether (sulfide) groups is 1. The van der Waals surface area contributed by atoms with Crippen LogP contribution in [-0.4, -0.2) is 33.5 Å². The molecule has 7 heteroatoms. The first-order valence-corrected chi connectivity index (χ1v) is 11.5. The lowest BCUT2D eigenvalue weighted by molar-refractivity contribution is -0.119. The molecule has 0 aliphatic rings. The Morgan fingerprint density at radius 1 is 1.16 bits per heavy atom. The van der Waals surface area contributed by atoms with Gasteiger partial charge < -0.3 is 14.6 Å². The van der Waals surface area contributed by atoms with Crippen molar-refractivity contribution < 1.29 is 9.53 Å². The summed E-state index contributed by atoms with van der Waals surface area (Å²) in [6, 6.07) is 16.2. The molecule has 1 N–H and O–H groups in total. The van der Waals surface area contributed by atoms with Crippen molar-refractivity contribution in [1.82, 2.24) is 20.1 Å². The summed E-state index contributed by atoms with van der Waals surface area (Å²) < 4.78 is 7.31. The molecule has 0 saturated heterocycles. The number of amides is 1. The molecule has 1 aromatic heterocycles. The molecular formula is C24H30N4O2S. The molecule has 3 aromatic rings. The van der Waals surface area contributed by atoms with Gasteiger partial charge >= 0.3 is 0 Å². The van der Waals surface area contributed by atoms with E-state index in [2.05, 4.69) is 34.6 Å². The second kappa shape index (κ2) is 11.0. The van der Waals surface area contributed by atoms with Crippen LogP contribution in [0.15, 0.2) is 53.7 Å². The smallest absolute Gasteiger partial charge is 0.230 e. The van der Waals surface area contributed by atoms with Crippen molar-refractivity contribution in [3.05, 3.63) is 71.0 Å². The first kappa shape index (κ1) is 22.9. The molecule has 31 heavy (non-hydrogen) atoms. The number of aromatic nitrogens is 3. The largest absolute Gasteiger partial charge is 0.496 e. The summed E-state index contributed by atoms with van der Waals surface area (Å²) in [7, 11) is 3.65. The van der Waals surface area contributed by atoms with Crippen molar-refractivity contribution in [2.45, 2.75) is 44.3 Å². The molecule has 0 bridgehead atoms. The number of methoxy groups -OCH3 is 1. The second-order valence-electron chi connectivity index (χ2n) is 7.60. The van der Waals surface area contributed by atoms with Crippen LogP contribution in [0.3, 0.4) is 0 Å². The van der Waals surface area contributed by atoms with Gasteiger partial charge in [0.2, 0.25) is 5.91 Å². The highest BCUT2D eigenvalue weighted by atomic mass is 32.2. The molecule has 3 rings (SSSR count). The Bertz CT molecular complexity index is 1000. The minimum atomic E-state index is -0.0223. The van der Waals surface area contributed by atoms with Crippen molar-refractivity contribution in [2.75, 3.05) is 12.9 Å². The first-order valence-electron chi connectivity index (χ1n) is 10.5. The van der Waals surface area contributed by atoms with E-state index in [1.165, 1.54) is 17.3 Å². The van der Waals surface area contributed by atoms with Gasteiger partial charge in [-0.3, -0.25) is 4.79 Å². The number of carbonyl (C=O) groups is 1. The Morgan fingerprint density at radius 2 is 1.94 bits per heavy atom. The van der Waals surface area contributed by atoms with Crippen LogP contribution in [0.2, 0.25) is 0 Å². The summed E-state index contributed by atoms with van der Waals surface area (Å²) in [6.45, 7) is 4.05. The zero-order valence-corrected chi connectivity index (χ0v) is 19.4. The maximum Gasteiger partial charge on any atom is 0.230 e. The molecule has 1 atom stereocenters. The highest BCUT2D eigenvalue weighted by Crippen LogP contribution is 2.21. The fraction of sp³-hybridized carbons (Fsp3) is 0.375.